The fourth-order valence-electron chi connectivity index (χ4n) is 1.74. The minimum absolute atomic E-state index is 0.000197. The molecule has 0 aliphatic carbocycles. The van der Waals surface area contributed by atoms with Gasteiger partial charge in [-0.1, -0.05) is 31.0 Å². The highest BCUT2D eigenvalue weighted by Crippen LogP contribution is 2.14. The van der Waals surface area contributed by atoms with Crippen LogP contribution < -0.4 is 4.90 Å². The zero-order valence-electron chi connectivity index (χ0n) is 11.8. The van der Waals surface area contributed by atoms with E-state index in [-0.39, 0.29) is 6.54 Å². The Labute approximate surface area is 115 Å². The van der Waals surface area contributed by atoms with Crippen LogP contribution in [0.2, 0.25) is 0 Å². The van der Waals surface area contributed by atoms with Gasteiger partial charge in [-0.2, -0.15) is 0 Å². The summed E-state index contributed by atoms with van der Waals surface area (Å²) in [7, 11) is 0. The first-order valence-electron chi connectivity index (χ1n) is 6.74. The van der Waals surface area contributed by atoms with Crippen LogP contribution in [0.15, 0.2) is 24.3 Å². The van der Waals surface area contributed by atoms with E-state index < -0.39 is 5.97 Å². The Hall–Kier alpha value is -1.55. The van der Waals surface area contributed by atoms with Crippen molar-refractivity contribution in [1.29, 1.82) is 0 Å². The highest BCUT2D eigenvalue weighted by atomic mass is 16.5. The summed E-state index contributed by atoms with van der Waals surface area (Å²) in [6.07, 6.45) is 2.15. The van der Waals surface area contributed by atoms with Gasteiger partial charge in [0.1, 0.15) is 6.54 Å². The van der Waals surface area contributed by atoms with E-state index in [4.69, 9.17) is 9.84 Å². The van der Waals surface area contributed by atoms with Crippen molar-refractivity contribution in [1.82, 2.24) is 0 Å². The van der Waals surface area contributed by atoms with Gasteiger partial charge in [-0.3, -0.25) is 4.79 Å². The summed E-state index contributed by atoms with van der Waals surface area (Å²) in [5, 5.41) is 8.96. The summed E-state index contributed by atoms with van der Waals surface area (Å²) in [5.41, 5.74) is 2.09. The average Bonchev–Trinajstić information content (AvgIpc) is 2.38. The average molecular weight is 265 g/mol. The number of ether oxygens (including phenoxy) is 1. The van der Waals surface area contributed by atoms with E-state index in [9.17, 15) is 4.79 Å². The van der Waals surface area contributed by atoms with E-state index in [1.165, 1.54) is 5.56 Å². The number of aryl methyl sites for hydroxylation is 1. The van der Waals surface area contributed by atoms with Crippen molar-refractivity contribution < 1.29 is 14.6 Å². The number of unbranched alkanes of at least 4 members (excludes halogenated alkanes) is 1. The molecule has 0 aliphatic heterocycles. The van der Waals surface area contributed by atoms with Crippen molar-refractivity contribution in [3.8, 4) is 0 Å². The molecule has 0 amide bonds. The van der Waals surface area contributed by atoms with E-state index in [0.29, 0.717) is 13.2 Å². The van der Waals surface area contributed by atoms with Gasteiger partial charge in [0.2, 0.25) is 0 Å². The van der Waals surface area contributed by atoms with Gasteiger partial charge in [0, 0.05) is 18.8 Å². The van der Waals surface area contributed by atoms with E-state index in [0.717, 1.165) is 25.1 Å². The molecule has 1 aromatic carbocycles. The van der Waals surface area contributed by atoms with Crippen LogP contribution in [0, 0.1) is 6.92 Å². The Morgan fingerprint density at radius 1 is 1.26 bits per heavy atom. The van der Waals surface area contributed by atoms with Crippen LogP contribution in [0.3, 0.4) is 0 Å². The smallest absolute Gasteiger partial charge is 0.323 e. The third-order valence-corrected chi connectivity index (χ3v) is 2.87. The predicted molar refractivity (Wildman–Crippen MR) is 76.8 cm³/mol. The standard InChI is InChI=1S/C15H23NO3/c1-3-4-10-19-11-9-16(12-15(17)18)14-7-5-13(2)6-8-14/h5-8H,3-4,9-12H2,1-2H3,(H,17,18). The third kappa shape index (κ3) is 6.25. The molecule has 0 spiro atoms. The van der Waals surface area contributed by atoms with Crippen LogP contribution in [0.4, 0.5) is 5.69 Å². The molecule has 19 heavy (non-hydrogen) atoms. The van der Waals surface area contributed by atoms with Crippen LogP contribution in [-0.2, 0) is 9.53 Å². The van der Waals surface area contributed by atoms with Crippen LogP contribution in [0.25, 0.3) is 0 Å². The number of nitrogens with zero attached hydrogens (tertiary/aromatic N) is 1. The fraction of sp³-hybridized carbons (Fsp3) is 0.533. The topological polar surface area (TPSA) is 49.8 Å². The molecule has 0 aliphatic rings. The Balaban J connectivity index is 2.51. The Morgan fingerprint density at radius 2 is 1.95 bits per heavy atom. The number of benzene rings is 1. The second-order valence-corrected chi connectivity index (χ2v) is 4.62. The lowest BCUT2D eigenvalue weighted by molar-refractivity contribution is -0.135. The number of anilines is 1. The molecule has 0 heterocycles. The number of hydrogen-bond acceptors (Lipinski definition) is 3. The van der Waals surface area contributed by atoms with Gasteiger partial charge in [0.25, 0.3) is 0 Å². The Bertz CT molecular complexity index is 375. The molecular formula is C15H23NO3. The number of rotatable bonds is 9. The maximum absolute atomic E-state index is 10.9. The van der Waals surface area contributed by atoms with Crippen LogP contribution >= 0.6 is 0 Å². The van der Waals surface area contributed by atoms with E-state index in [2.05, 4.69) is 6.92 Å². The van der Waals surface area contributed by atoms with Crippen LogP contribution in [0.5, 0.6) is 0 Å². The van der Waals surface area contributed by atoms with Gasteiger partial charge in [0.15, 0.2) is 0 Å². The Kier molecular flexibility index (Phi) is 6.97. The molecule has 0 radical (unpaired) electrons. The summed E-state index contributed by atoms with van der Waals surface area (Å²) in [4.78, 5) is 12.7. The minimum Gasteiger partial charge on any atom is -0.480 e. The van der Waals surface area contributed by atoms with Gasteiger partial charge < -0.3 is 14.7 Å². The van der Waals surface area contributed by atoms with Crippen molar-refractivity contribution >= 4 is 11.7 Å². The molecular weight excluding hydrogens is 242 g/mol. The second-order valence-electron chi connectivity index (χ2n) is 4.62. The lowest BCUT2D eigenvalue weighted by Crippen LogP contribution is -2.32. The third-order valence-electron chi connectivity index (χ3n) is 2.87. The molecule has 4 heteroatoms. The summed E-state index contributed by atoms with van der Waals surface area (Å²) in [6, 6.07) is 7.87. The van der Waals surface area contributed by atoms with E-state index >= 15 is 0 Å². The molecule has 0 bridgehead atoms. The van der Waals surface area contributed by atoms with E-state index in [1.807, 2.05) is 36.1 Å². The van der Waals surface area contributed by atoms with Gasteiger partial charge in [-0.25, -0.2) is 0 Å². The number of hydrogen-bond donors (Lipinski definition) is 1. The molecule has 1 rings (SSSR count). The first-order valence-corrected chi connectivity index (χ1v) is 6.74. The first kappa shape index (κ1) is 15.5. The maximum atomic E-state index is 10.9. The number of carboxylic acid groups (broad SMARTS) is 1. The van der Waals surface area contributed by atoms with Gasteiger partial charge >= 0.3 is 5.97 Å². The minimum atomic E-state index is -0.825. The molecule has 1 aromatic rings. The SMILES string of the molecule is CCCCOCCN(CC(=O)O)c1ccc(C)cc1. The number of aliphatic carboxylic acids is 1. The lowest BCUT2D eigenvalue weighted by Gasteiger charge is -2.23. The van der Waals surface area contributed by atoms with Crippen LogP contribution in [-0.4, -0.2) is 37.4 Å². The van der Waals surface area contributed by atoms with Crippen molar-refractivity contribution in [3.05, 3.63) is 29.8 Å². The number of carboxylic acids is 1. The second kappa shape index (κ2) is 8.53. The van der Waals surface area contributed by atoms with Gasteiger partial charge in [-0.05, 0) is 25.5 Å². The molecule has 4 nitrogen and oxygen atoms in total. The summed E-state index contributed by atoms with van der Waals surface area (Å²) in [5.74, 6) is -0.825. The molecule has 1 N–H and O–H groups in total. The molecule has 0 aromatic heterocycles. The van der Waals surface area contributed by atoms with E-state index in [1.54, 1.807) is 0 Å². The van der Waals surface area contributed by atoms with Crippen LogP contribution in [0.1, 0.15) is 25.3 Å². The van der Waals surface area contributed by atoms with Crippen molar-refractivity contribution in [2.45, 2.75) is 26.7 Å². The normalized spacial score (nSPS) is 10.4. The number of carbonyl (C=O) groups is 1. The summed E-state index contributed by atoms with van der Waals surface area (Å²) < 4.78 is 5.50. The van der Waals surface area contributed by atoms with Crippen molar-refractivity contribution in [2.75, 3.05) is 31.2 Å². The molecule has 0 atom stereocenters. The van der Waals surface area contributed by atoms with Gasteiger partial charge in [0.05, 0.1) is 6.61 Å². The highest BCUT2D eigenvalue weighted by molar-refractivity contribution is 5.73. The zero-order valence-corrected chi connectivity index (χ0v) is 11.8. The van der Waals surface area contributed by atoms with Crippen molar-refractivity contribution in [2.24, 2.45) is 0 Å². The molecule has 106 valence electrons. The first-order chi connectivity index (χ1) is 9.13. The lowest BCUT2D eigenvalue weighted by atomic mass is 10.2. The molecule has 0 fully saturated rings. The zero-order chi connectivity index (χ0) is 14.1. The fourth-order valence-corrected chi connectivity index (χ4v) is 1.74. The van der Waals surface area contributed by atoms with Crippen molar-refractivity contribution in [3.63, 3.8) is 0 Å². The molecule has 0 saturated carbocycles. The molecule has 0 saturated heterocycles. The predicted octanol–water partition coefficient (Wildman–Crippen LogP) is 2.70. The quantitative estimate of drug-likeness (QED) is 0.697. The molecule has 0 unspecified atom stereocenters. The monoisotopic (exact) mass is 265 g/mol. The largest absolute Gasteiger partial charge is 0.480 e. The summed E-state index contributed by atoms with van der Waals surface area (Å²) >= 11 is 0. The Morgan fingerprint density at radius 3 is 2.53 bits per heavy atom. The highest BCUT2D eigenvalue weighted by Gasteiger charge is 2.10. The van der Waals surface area contributed by atoms with Gasteiger partial charge in [-0.15, -0.1) is 0 Å². The maximum Gasteiger partial charge on any atom is 0.323 e. The summed E-state index contributed by atoms with van der Waals surface area (Å²) in [6.45, 7) is 6.03.